The van der Waals surface area contributed by atoms with Crippen LogP contribution >= 0.6 is 34.8 Å². The highest BCUT2D eigenvalue weighted by Crippen LogP contribution is 2.31. The molecule has 1 aliphatic heterocycles. The fourth-order valence-electron chi connectivity index (χ4n) is 3.35. The molecule has 1 saturated heterocycles. The van der Waals surface area contributed by atoms with Crippen molar-refractivity contribution in [3.8, 4) is 0 Å². The van der Waals surface area contributed by atoms with Crippen LogP contribution in [0.25, 0.3) is 5.70 Å². The standard InChI is InChI=1S/C20H20Cl3N/c1-14(16-11-18(22)13-19(23)12-16)24-9-3-2-4-20(24)10-15-5-7-17(21)8-6-15/h5-8,11-13,20H,1-4,9-10H2. The molecule has 1 nitrogen and oxygen atoms in total. The van der Waals surface area contributed by atoms with Crippen LogP contribution in [0.2, 0.25) is 15.1 Å². The van der Waals surface area contributed by atoms with Gasteiger partial charge in [0.1, 0.15) is 0 Å². The third kappa shape index (κ3) is 4.27. The molecule has 0 aliphatic carbocycles. The molecule has 2 aromatic carbocycles. The Morgan fingerprint density at radius 2 is 1.62 bits per heavy atom. The average molecular weight is 381 g/mol. The Morgan fingerprint density at radius 1 is 0.958 bits per heavy atom. The fourth-order valence-corrected chi connectivity index (χ4v) is 4.00. The molecule has 2 aromatic rings. The monoisotopic (exact) mass is 379 g/mol. The molecular weight excluding hydrogens is 361 g/mol. The van der Waals surface area contributed by atoms with Crippen LogP contribution in [-0.2, 0) is 6.42 Å². The minimum Gasteiger partial charge on any atom is -0.368 e. The van der Waals surface area contributed by atoms with Crippen molar-refractivity contribution in [2.75, 3.05) is 6.54 Å². The number of hydrogen-bond acceptors (Lipinski definition) is 1. The predicted molar refractivity (Wildman–Crippen MR) is 105 cm³/mol. The number of halogens is 3. The van der Waals surface area contributed by atoms with Gasteiger partial charge in [0, 0.05) is 38.9 Å². The maximum absolute atomic E-state index is 6.16. The SMILES string of the molecule is C=C(c1cc(Cl)cc(Cl)c1)N1CCCCC1Cc1ccc(Cl)cc1. The normalized spacial score (nSPS) is 17.8. The smallest absolute Gasteiger partial charge is 0.0427 e. The van der Waals surface area contributed by atoms with Crippen molar-refractivity contribution < 1.29 is 0 Å². The number of benzene rings is 2. The fraction of sp³-hybridized carbons (Fsp3) is 0.300. The molecule has 1 fully saturated rings. The zero-order valence-electron chi connectivity index (χ0n) is 13.4. The Labute approximate surface area is 158 Å². The summed E-state index contributed by atoms with van der Waals surface area (Å²) in [4.78, 5) is 2.40. The lowest BCUT2D eigenvalue weighted by atomic mass is 9.94. The first-order valence-electron chi connectivity index (χ1n) is 8.19. The van der Waals surface area contributed by atoms with Crippen molar-refractivity contribution in [3.63, 3.8) is 0 Å². The summed E-state index contributed by atoms with van der Waals surface area (Å²) in [7, 11) is 0. The van der Waals surface area contributed by atoms with Crippen LogP contribution in [0.15, 0.2) is 49.0 Å². The summed E-state index contributed by atoms with van der Waals surface area (Å²) in [6.45, 7) is 5.34. The lowest BCUT2D eigenvalue weighted by Crippen LogP contribution is -2.39. The number of hydrogen-bond donors (Lipinski definition) is 0. The summed E-state index contributed by atoms with van der Waals surface area (Å²) < 4.78 is 0. The average Bonchev–Trinajstić information content (AvgIpc) is 2.56. The number of likely N-dealkylation sites (tertiary alicyclic amines) is 1. The Hall–Kier alpha value is -1.15. The van der Waals surface area contributed by atoms with Gasteiger partial charge < -0.3 is 4.90 Å². The van der Waals surface area contributed by atoms with Crippen molar-refractivity contribution in [3.05, 3.63) is 75.2 Å². The van der Waals surface area contributed by atoms with Gasteiger partial charge in [-0.15, -0.1) is 0 Å². The lowest BCUT2D eigenvalue weighted by molar-refractivity contribution is 0.226. The van der Waals surface area contributed by atoms with Crippen LogP contribution in [0.3, 0.4) is 0 Å². The maximum atomic E-state index is 6.16. The second-order valence-corrected chi connectivity index (χ2v) is 7.59. The van der Waals surface area contributed by atoms with Gasteiger partial charge in [0.05, 0.1) is 0 Å². The van der Waals surface area contributed by atoms with Gasteiger partial charge in [-0.05, 0) is 61.6 Å². The molecule has 1 aliphatic rings. The van der Waals surface area contributed by atoms with E-state index in [-0.39, 0.29) is 0 Å². The molecule has 0 saturated carbocycles. The van der Waals surface area contributed by atoms with Gasteiger partial charge in [-0.1, -0.05) is 53.5 Å². The van der Waals surface area contributed by atoms with Crippen LogP contribution in [0, 0.1) is 0 Å². The number of rotatable bonds is 4. The zero-order chi connectivity index (χ0) is 17.1. The van der Waals surface area contributed by atoms with Crippen molar-refractivity contribution >= 4 is 40.5 Å². The van der Waals surface area contributed by atoms with E-state index in [9.17, 15) is 0 Å². The molecule has 4 heteroatoms. The van der Waals surface area contributed by atoms with E-state index in [1.165, 1.54) is 18.4 Å². The van der Waals surface area contributed by atoms with E-state index in [4.69, 9.17) is 34.8 Å². The summed E-state index contributed by atoms with van der Waals surface area (Å²) in [6.07, 6.45) is 4.59. The Kier molecular flexibility index (Phi) is 5.76. The lowest BCUT2D eigenvalue weighted by Gasteiger charge is -2.39. The largest absolute Gasteiger partial charge is 0.368 e. The minimum absolute atomic E-state index is 0.435. The molecule has 0 aromatic heterocycles. The van der Waals surface area contributed by atoms with E-state index in [1.807, 2.05) is 24.3 Å². The molecule has 0 bridgehead atoms. The molecule has 0 amide bonds. The van der Waals surface area contributed by atoms with Gasteiger partial charge in [-0.25, -0.2) is 0 Å². The first kappa shape index (κ1) is 17.7. The second kappa shape index (κ2) is 7.82. The van der Waals surface area contributed by atoms with E-state index in [2.05, 4.69) is 23.6 Å². The zero-order valence-corrected chi connectivity index (χ0v) is 15.7. The van der Waals surface area contributed by atoms with Gasteiger partial charge in [0.25, 0.3) is 0 Å². The van der Waals surface area contributed by atoms with Crippen molar-refractivity contribution in [1.82, 2.24) is 4.90 Å². The summed E-state index contributed by atoms with van der Waals surface area (Å²) >= 11 is 18.3. The molecule has 3 rings (SSSR count). The van der Waals surface area contributed by atoms with Crippen molar-refractivity contribution in [1.29, 1.82) is 0 Å². The highest BCUT2D eigenvalue weighted by atomic mass is 35.5. The van der Waals surface area contributed by atoms with Crippen molar-refractivity contribution in [2.45, 2.75) is 31.7 Å². The van der Waals surface area contributed by atoms with E-state index < -0.39 is 0 Å². The summed E-state index contributed by atoms with van der Waals surface area (Å²) in [6, 6.07) is 14.2. The van der Waals surface area contributed by atoms with E-state index in [1.54, 1.807) is 6.07 Å². The van der Waals surface area contributed by atoms with Gasteiger partial charge in [0.15, 0.2) is 0 Å². The highest BCUT2D eigenvalue weighted by Gasteiger charge is 2.24. The first-order valence-corrected chi connectivity index (χ1v) is 9.33. The van der Waals surface area contributed by atoms with Crippen molar-refractivity contribution in [2.24, 2.45) is 0 Å². The number of nitrogens with zero attached hydrogens (tertiary/aromatic N) is 1. The second-order valence-electron chi connectivity index (χ2n) is 6.28. The van der Waals surface area contributed by atoms with E-state index in [0.29, 0.717) is 16.1 Å². The van der Waals surface area contributed by atoms with Gasteiger partial charge in [-0.2, -0.15) is 0 Å². The number of piperidine rings is 1. The quantitative estimate of drug-likeness (QED) is 0.569. The summed E-state index contributed by atoms with van der Waals surface area (Å²) in [5.74, 6) is 0. The molecule has 24 heavy (non-hydrogen) atoms. The first-order chi connectivity index (χ1) is 11.5. The van der Waals surface area contributed by atoms with E-state index in [0.717, 1.165) is 35.7 Å². The summed E-state index contributed by atoms with van der Waals surface area (Å²) in [5.41, 5.74) is 3.29. The molecule has 0 N–H and O–H groups in total. The third-order valence-corrected chi connectivity index (χ3v) is 5.24. The molecule has 0 spiro atoms. The van der Waals surface area contributed by atoms with Gasteiger partial charge >= 0.3 is 0 Å². The predicted octanol–water partition coefficient (Wildman–Crippen LogP) is 6.71. The summed E-state index contributed by atoms with van der Waals surface area (Å²) in [5, 5.41) is 2.06. The molecular formula is C20H20Cl3N. The highest BCUT2D eigenvalue weighted by molar-refractivity contribution is 6.34. The topological polar surface area (TPSA) is 3.24 Å². The molecule has 126 valence electrons. The Morgan fingerprint density at radius 3 is 2.29 bits per heavy atom. The third-order valence-electron chi connectivity index (χ3n) is 4.55. The molecule has 1 unspecified atom stereocenters. The van der Waals surface area contributed by atoms with Crippen LogP contribution in [-0.4, -0.2) is 17.5 Å². The van der Waals surface area contributed by atoms with Gasteiger partial charge in [-0.3, -0.25) is 0 Å². The van der Waals surface area contributed by atoms with E-state index >= 15 is 0 Å². The van der Waals surface area contributed by atoms with Crippen LogP contribution in [0.5, 0.6) is 0 Å². The minimum atomic E-state index is 0.435. The van der Waals surface area contributed by atoms with Crippen LogP contribution in [0.4, 0.5) is 0 Å². The molecule has 1 atom stereocenters. The maximum Gasteiger partial charge on any atom is 0.0427 e. The Bertz CT molecular complexity index is 704. The molecule has 0 radical (unpaired) electrons. The van der Waals surface area contributed by atoms with Crippen LogP contribution in [0.1, 0.15) is 30.4 Å². The van der Waals surface area contributed by atoms with Gasteiger partial charge in [0.2, 0.25) is 0 Å². The Balaban J connectivity index is 1.80. The molecule has 1 heterocycles. The van der Waals surface area contributed by atoms with Crippen LogP contribution < -0.4 is 0 Å².